The lowest BCUT2D eigenvalue weighted by molar-refractivity contribution is -0.137. The smallest absolute Gasteiger partial charge is 0.165 e. The van der Waals surface area contributed by atoms with Crippen LogP contribution in [-0.4, -0.2) is 5.78 Å². The fourth-order valence-corrected chi connectivity index (χ4v) is 8.32. The highest BCUT2D eigenvalue weighted by atomic mass is 32.1. The third-order valence-corrected chi connectivity index (χ3v) is 9.90. The standard InChI is InChI=1S/C24H32OS/c1-23-11-4-3-6-17(23)8-9-19-20(23)10-12-24(2)21(19)15-16(22(24)25)14-18-7-5-13-26-18/h5,7,13-14,17,19-21H,3-4,6,8-12,15H2,1-2H3/b16-14-/t17-,19?,20?,21?,23+,24+/m0/s1. The lowest BCUT2D eigenvalue weighted by atomic mass is 9.45. The molecule has 0 N–H and O–H groups in total. The van der Waals surface area contributed by atoms with Crippen molar-refractivity contribution in [2.45, 2.75) is 71.6 Å². The first-order valence-electron chi connectivity index (χ1n) is 10.8. The molecule has 4 fully saturated rings. The molecular weight excluding hydrogens is 336 g/mol. The molecule has 1 heterocycles. The summed E-state index contributed by atoms with van der Waals surface area (Å²) in [5, 5.41) is 2.11. The lowest BCUT2D eigenvalue weighted by Crippen LogP contribution is -2.52. The van der Waals surface area contributed by atoms with Gasteiger partial charge in [0.25, 0.3) is 0 Å². The number of allylic oxidation sites excluding steroid dienone is 1. The summed E-state index contributed by atoms with van der Waals surface area (Å²) >= 11 is 1.75. The molecule has 5 rings (SSSR count). The third-order valence-electron chi connectivity index (χ3n) is 9.08. The fraction of sp³-hybridized carbons (Fsp3) is 0.708. The molecule has 3 unspecified atom stereocenters. The zero-order valence-corrected chi connectivity index (χ0v) is 17.1. The van der Waals surface area contributed by atoms with E-state index in [0.29, 0.717) is 17.1 Å². The van der Waals surface area contributed by atoms with Gasteiger partial charge in [-0.15, -0.1) is 11.3 Å². The van der Waals surface area contributed by atoms with E-state index in [4.69, 9.17) is 0 Å². The monoisotopic (exact) mass is 368 g/mol. The molecule has 4 saturated carbocycles. The number of carbonyl (C=O) groups is 1. The van der Waals surface area contributed by atoms with Crippen LogP contribution in [0.2, 0.25) is 0 Å². The number of hydrogen-bond donors (Lipinski definition) is 0. The van der Waals surface area contributed by atoms with Crippen molar-refractivity contribution in [3.05, 3.63) is 28.0 Å². The maximum Gasteiger partial charge on any atom is 0.165 e. The highest BCUT2D eigenvalue weighted by Gasteiger charge is 2.60. The molecular formula is C24H32OS. The van der Waals surface area contributed by atoms with Crippen LogP contribution in [0.1, 0.15) is 76.5 Å². The van der Waals surface area contributed by atoms with Crippen molar-refractivity contribution in [3.63, 3.8) is 0 Å². The number of hydrogen-bond acceptors (Lipinski definition) is 2. The van der Waals surface area contributed by atoms with Crippen molar-refractivity contribution in [2.75, 3.05) is 0 Å². The topological polar surface area (TPSA) is 17.1 Å². The molecule has 1 nitrogen and oxygen atoms in total. The Bertz CT molecular complexity index is 731. The van der Waals surface area contributed by atoms with Crippen LogP contribution in [0.3, 0.4) is 0 Å². The number of carbonyl (C=O) groups excluding carboxylic acids is 1. The first-order chi connectivity index (χ1) is 12.5. The minimum atomic E-state index is -0.0812. The van der Waals surface area contributed by atoms with E-state index in [1.807, 2.05) is 0 Å². The SMILES string of the molecule is C[C@@]12CCC3C(CC[C@@H]4CCCC[C@@]34C)C1C/C(=C/c1cccs1)C2=O. The van der Waals surface area contributed by atoms with Crippen LogP contribution in [0.25, 0.3) is 6.08 Å². The van der Waals surface area contributed by atoms with Gasteiger partial charge in [0.05, 0.1) is 0 Å². The van der Waals surface area contributed by atoms with Crippen molar-refractivity contribution in [2.24, 2.45) is 34.5 Å². The molecule has 26 heavy (non-hydrogen) atoms. The third kappa shape index (κ3) is 2.37. The van der Waals surface area contributed by atoms with Crippen LogP contribution in [0.5, 0.6) is 0 Å². The van der Waals surface area contributed by atoms with Crippen LogP contribution in [0.4, 0.5) is 0 Å². The van der Waals surface area contributed by atoms with Crippen molar-refractivity contribution >= 4 is 23.2 Å². The van der Waals surface area contributed by atoms with Gasteiger partial charge in [-0.05, 0) is 97.1 Å². The van der Waals surface area contributed by atoms with Crippen molar-refractivity contribution in [1.29, 1.82) is 0 Å². The lowest BCUT2D eigenvalue weighted by Gasteiger charge is -2.59. The minimum absolute atomic E-state index is 0.0812. The normalized spacial score (nSPS) is 46.7. The maximum absolute atomic E-state index is 13.4. The molecule has 0 aromatic carbocycles. The molecule has 2 heteroatoms. The molecule has 4 aliphatic rings. The van der Waals surface area contributed by atoms with Crippen LogP contribution < -0.4 is 0 Å². The van der Waals surface area contributed by atoms with Gasteiger partial charge in [-0.2, -0.15) is 0 Å². The summed E-state index contributed by atoms with van der Waals surface area (Å²) < 4.78 is 0. The van der Waals surface area contributed by atoms with Gasteiger partial charge in [0.1, 0.15) is 0 Å². The van der Waals surface area contributed by atoms with E-state index in [9.17, 15) is 4.79 Å². The van der Waals surface area contributed by atoms with Crippen molar-refractivity contribution in [3.8, 4) is 0 Å². The Balaban J connectivity index is 1.47. The fourth-order valence-electron chi connectivity index (χ4n) is 7.64. The summed E-state index contributed by atoms with van der Waals surface area (Å²) in [5.74, 6) is 3.69. The van der Waals surface area contributed by atoms with E-state index in [1.165, 1.54) is 49.8 Å². The highest BCUT2D eigenvalue weighted by molar-refractivity contribution is 7.10. The summed E-state index contributed by atoms with van der Waals surface area (Å²) in [6.45, 7) is 4.93. The van der Waals surface area contributed by atoms with E-state index in [-0.39, 0.29) is 5.41 Å². The zero-order valence-electron chi connectivity index (χ0n) is 16.3. The average molecular weight is 369 g/mol. The van der Waals surface area contributed by atoms with Gasteiger partial charge in [0.2, 0.25) is 0 Å². The second-order valence-electron chi connectivity index (χ2n) is 10.1. The summed E-state index contributed by atoms with van der Waals surface area (Å²) in [6, 6.07) is 4.23. The predicted molar refractivity (Wildman–Crippen MR) is 109 cm³/mol. The van der Waals surface area contributed by atoms with Crippen LogP contribution >= 0.6 is 11.3 Å². The van der Waals surface area contributed by atoms with Gasteiger partial charge < -0.3 is 0 Å². The minimum Gasteiger partial charge on any atom is -0.294 e. The largest absolute Gasteiger partial charge is 0.294 e. The van der Waals surface area contributed by atoms with Gasteiger partial charge in [-0.1, -0.05) is 32.8 Å². The second kappa shape index (κ2) is 6.06. The second-order valence-corrected chi connectivity index (χ2v) is 11.1. The van der Waals surface area contributed by atoms with Crippen LogP contribution in [0.15, 0.2) is 23.1 Å². The van der Waals surface area contributed by atoms with E-state index in [2.05, 4.69) is 37.4 Å². The Morgan fingerprint density at radius 3 is 2.77 bits per heavy atom. The Kier molecular flexibility index (Phi) is 4.01. The first kappa shape index (κ1) is 17.2. The number of fused-ring (bicyclic) bond motifs is 5. The molecule has 0 spiro atoms. The molecule has 0 amide bonds. The van der Waals surface area contributed by atoms with E-state index < -0.39 is 0 Å². The number of Topliss-reactive ketones (excluding diaryl/α,β-unsaturated/α-hetero) is 1. The molecule has 4 aliphatic carbocycles. The van der Waals surface area contributed by atoms with Gasteiger partial charge in [-0.3, -0.25) is 4.79 Å². The molecule has 1 aromatic rings. The molecule has 0 saturated heterocycles. The quantitative estimate of drug-likeness (QED) is 0.501. The molecule has 0 radical (unpaired) electrons. The van der Waals surface area contributed by atoms with Crippen LogP contribution in [0, 0.1) is 34.5 Å². The Labute approximate surface area is 162 Å². The summed E-state index contributed by atoms with van der Waals surface area (Å²) in [7, 11) is 0. The molecule has 6 atom stereocenters. The molecule has 0 bridgehead atoms. The summed E-state index contributed by atoms with van der Waals surface area (Å²) in [5.41, 5.74) is 1.60. The zero-order chi connectivity index (χ0) is 17.9. The van der Waals surface area contributed by atoms with E-state index in [1.54, 1.807) is 11.3 Å². The summed E-state index contributed by atoms with van der Waals surface area (Å²) in [6.07, 6.45) is 14.2. The number of rotatable bonds is 1. The van der Waals surface area contributed by atoms with Gasteiger partial charge >= 0.3 is 0 Å². The highest BCUT2D eigenvalue weighted by Crippen LogP contribution is 2.66. The molecule has 0 aliphatic heterocycles. The van der Waals surface area contributed by atoms with Crippen molar-refractivity contribution < 1.29 is 4.79 Å². The molecule has 140 valence electrons. The number of thiophene rings is 1. The van der Waals surface area contributed by atoms with Gasteiger partial charge in [0.15, 0.2) is 5.78 Å². The Hall–Kier alpha value is -0.890. The molecule has 1 aromatic heterocycles. The average Bonchev–Trinajstić information content (AvgIpc) is 3.23. The van der Waals surface area contributed by atoms with Gasteiger partial charge in [-0.25, -0.2) is 0 Å². The predicted octanol–water partition coefficient (Wildman–Crippen LogP) is 6.74. The number of ketones is 1. The maximum atomic E-state index is 13.4. The van der Waals surface area contributed by atoms with Crippen LogP contribution in [-0.2, 0) is 4.79 Å². The van der Waals surface area contributed by atoms with Crippen molar-refractivity contribution in [1.82, 2.24) is 0 Å². The first-order valence-corrected chi connectivity index (χ1v) is 11.7. The Morgan fingerprint density at radius 1 is 1.08 bits per heavy atom. The Morgan fingerprint density at radius 2 is 1.96 bits per heavy atom. The summed E-state index contributed by atoms with van der Waals surface area (Å²) in [4.78, 5) is 14.6. The van der Waals surface area contributed by atoms with E-state index >= 15 is 0 Å². The van der Waals surface area contributed by atoms with Gasteiger partial charge in [0, 0.05) is 10.3 Å². The van der Waals surface area contributed by atoms with E-state index in [0.717, 1.165) is 36.2 Å².